The Bertz CT molecular complexity index is 560. The third kappa shape index (κ3) is 7.62. The van der Waals surface area contributed by atoms with Gasteiger partial charge in [-0.3, -0.25) is 9.59 Å². The number of anilines is 1. The SMILES string of the molecule is CCOc1ccc(NC(=O)CNC(=O)CC(C)C2CCCNC2)cc1.Cl. The van der Waals surface area contributed by atoms with Gasteiger partial charge in [-0.25, -0.2) is 0 Å². The number of benzene rings is 1. The van der Waals surface area contributed by atoms with Crippen LogP contribution in [0.2, 0.25) is 0 Å². The van der Waals surface area contributed by atoms with Gasteiger partial charge in [0.05, 0.1) is 13.2 Å². The van der Waals surface area contributed by atoms with Gasteiger partial charge in [0.25, 0.3) is 0 Å². The molecule has 2 unspecified atom stereocenters. The van der Waals surface area contributed by atoms with Gasteiger partial charge in [-0.1, -0.05) is 6.92 Å². The molecule has 1 aromatic carbocycles. The summed E-state index contributed by atoms with van der Waals surface area (Å²) < 4.78 is 5.36. The van der Waals surface area contributed by atoms with Crippen molar-refractivity contribution in [3.63, 3.8) is 0 Å². The average Bonchev–Trinajstić information content (AvgIpc) is 2.62. The lowest BCUT2D eigenvalue weighted by atomic mass is 9.85. The third-order valence-electron chi connectivity index (χ3n) is 4.54. The minimum atomic E-state index is -0.232. The highest BCUT2D eigenvalue weighted by Gasteiger charge is 2.22. The molecule has 0 spiro atoms. The smallest absolute Gasteiger partial charge is 0.243 e. The Morgan fingerprint density at radius 1 is 1.27 bits per heavy atom. The van der Waals surface area contributed by atoms with E-state index < -0.39 is 0 Å². The second-order valence-electron chi connectivity index (χ2n) is 6.57. The van der Waals surface area contributed by atoms with E-state index in [4.69, 9.17) is 4.74 Å². The van der Waals surface area contributed by atoms with Crippen LogP contribution in [0.25, 0.3) is 0 Å². The minimum absolute atomic E-state index is 0. The van der Waals surface area contributed by atoms with Crippen molar-refractivity contribution in [2.45, 2.75) is 33.1 Å². The summed E-state index contributed by atoms with van der Waals surface area (Å²) in [5.74, 6) is 1.32. The fourth-order valence-electron chi connectivity index (χ4n) is 3.08. The highest BCUT2D eigenvalue weighted by atomic mass is 35.5. The Labute approximate surface area is 161 Å². The van der Waals surface area contributed by atoms with Crippen LogP contribution >= 0.6 is 12.4 Å². The zero-order chi connectivity index (χ0) is 18.1. The molecule has 1 fully saturated rings. The lowest BCUT2D eigenvalue weighted by molar-refractivity contribution is -0.125. The van der Waals surface area contributed by atoms with Gasteiger partial charge in [0.1, 0.15) is 5.75 Å². The summed E-state index contributed by atoms with van der Waals surface area (Å²) >= 11 is 0. The summed E-state index contributed by atoms with van der Waals surface area (Å²) in [6, 6.07) is 7.17. The summed E-state index contributed by atoms with van der Waals surface area (Å²) in [6.07, 6.45) is 2.80. The van der Waals surface area contributed by atoms with Crippen LogP contribution in [0.3, 0.4) is 0 Å². The summed E-state index contributed by atoms with van der Waals surface area (Å²) in [7, 11) is 0. The summed E-state index contributed by atoms with van der Waals surface area (Å²) in [6.45, 7) is 6.67. The van der Waals surface area contributed by atoms with E-state index in [0.29, 0.717) is 30.6 Å². The molecule has 1 heterocycles. The van der Waals surface area contributed by atoms with Crippen molar-refractivity contribution in [3.8, 4) is 5.75 Å². The Morgan fingerprint density at radius 3 is 2.62 bits per heavy atom. The Kier molecular flexibility index (Phi) is 10.1. The molecule has 6 nitrogen and oxygen atoms in total. The molecule has 0 aliphatic carbocycles. The first kappa shape index (κ1) is 22.3. The molecule has 0 saturated carbocycles. The van der Waals surface area contributed by atoms with Crippen LogP contribution < -0.4 is 20.7 Å². The zero-order valence-corrected chi connectivity index (χ0v) is 16.4. The second-order valence-corrected chi connectivity index (χ2v) is 6.57. The maximum atomic E-state index is 12.0. The van der Waals surface area contributed by atoms with Gasteiger partial charge in [-0.15, -0.1) is 12.4 Å². The molecule has 2 amide bonds. The van der Waals surface area contributed by atoms with Crippen molar-refractivity contribution in [1.82, 2.24) is 10.6 Å². The molecule has 2 rings (SSSR count). The van der Waals surface area contributed by atoms with Crippen molar-refractivity contribution >= 4 is 29.9 Å². The maximum absolute atomic E-state index is 12.0. The predicted octanol–water partition coefficient (Wildman–Crippen LogP) is 2.59. The predicted molar refractivity (Wildman–Crippen MR) is 106 cm³/mol. The van der Waals surface area contributed by atoms with Gasteiger partial charge in [-0.05, 0) is 69.0 Å². The number of amides is 2. The monoisotopic (exact) mass is 383 g/mol. The van der Waals surface area contributed by atoms with E-state index in [1.54, 1.807) is 24.3 Å². The van der Waals surface area contributed by atoms with E-state index in [9.17, 15) is 9.59 Å². The van der Waals surface area contributed by atoms with Crippen molar-refractivity contribution in [3.05, 3.63) is 24.3 Å². The van der Waals surface area contributed by atoms with Gasteiger partial charge in [0.15, 0.2) is 0 Å². The Morgan fingerprint density at radius 2 is 2.00 bits per heavy atom. The summed E-state index contributed by atoms with van der Waals surface area (Å²) in [5.41, 5.74) is 0.685. The van der Waals surface area contributed by atoms with E-state index in [1.807, 2.05) is 6.92 Å². The molecule has 0 radical (unpaired) electrons. The van der Waals surface area contributed by atoms with Crippen LogP contribution in [0.15, 0.2) is 24.3 Å². The van der Waals surface area contributed by atoms with Crippen molar-refractivity contribution in [2.75, 3.05) is 31.6 Å². The van der Waals surface area contributed by atoms with Crippen LogP contribution in [-0.4, -0.2) is 38.1 Å². The molecule has 1 aliphatic rings. The first-order chi connectivity index (χ1) is 12.1. The largest absolute Gasteiger partial charge is 0.494 e. The van der Waals surface area contributed by atoms with Crippen molar-refractivity contribution in [2.24, 2.45) is 11.8 Å². The molecule has 3 N–H and O–H groups in total. The van der Waals surface area contributed by atoms with E-state index in [0.717, 1.165) is 18.8 Å². The Balaban J connectivity index is 0.00000338. The number of hydrogen-bond donors (Lipinski definition) is 3. The average molecular weight is 384 g/mol. The summed E-state index contributed by atoms with van der Waals surface area (Å²) in [4.78, 5) is 24.0. The molecule has 146 valence electrons. The van der Waals surface area contributed by atoms with Crippen LogP contribution in [0.1, 0.15) is 33.1 Å². The molecule has 7 heteroatoms. The first-order valence-electron chi connectivity index (χ1n) is 9.08. The van der Waals surface area contributed by atoms with E-state index >= 15 is 0 Å². The van der Waals surface area contributed by atoms with Gasteiger partial charge < -0.3 is 20.7 Å². The molecule has 0 bridgehead atoms. The molecular formula is C19H30ClN3O3. The third-order valence-corrected chi connectivity index (χ3v) is 4.54. The fourth-order valence-corrected chi connectivity index (χ4v) is 3.08. The second kappa shape index (κ2) is 11.8. The van der Waals surface area contributed by atoms with Crippen LogP contribution in [-0.2, 0) is 9.59 Å². The standard InChI is InChI=1S/C19H29N3O3.ClH/c1-3-25-17-8-6-16(7-9-17)22-19(24)13-21-18(23)11-14(2)15-5-4-10-20-12-15;/h6-9,14-15,20H,3-5,10-13H2,1-2H3,(H,21,23)(H,22,24);1H. The molecule has 0 aromatic heterocycles. The molecule has 1 saturated heterocycles. The van der Waals surface area contributed by atoms with Crippen LogP contribution in [0.4, 0.5) is 5.69 Å². The fraction of sp³-hybridized carbons (Fsp3) is 0.579. The topological polar surface area (TPSA) is 79.5 Å². The lowest BCUT2D eigenvalue weighted by Gasteiger charge is -2.27. The minimum Gasteiger partial charge on any atom is -0.494 e. The highest BCUT2D eigenvalue weighted by molar-refractivity contribution is 5.94. The number of nitrogens with one attached hydrogen (secondary N) is 3. The number of ether oxygens (including phenoxy) is 1. The van der Waals surface area contributed by atoms with E-state index in [1.165, 1.54) is 12.8 Å². The number of hydrogen-bond acceptors (Lipinski definition) is 4. The Hall–Kier alpha value is -1.79. The molecule has 1 aromatic rings. The quantitative estimate of drug-likeness (QED) is 0.644. The number of halogens is 1. The molecule has 26 heavy (non-hydrogen) atoms. The number of carbonyl (C=O) groups excluding carboxylic acids is 2. The zero-order valence-electron chi connectivity index (χ0n) is 15.5. The van der Waals surface area contributed by atoms with Gasteiger partial charge >= 0.3 is 0 Å². The van der Waals surface area contributed by atoms with Gasteiger partial charge in [0.2, 0.25) is 11.8 Å². The van der Waals surface area contributed by atoms with E-state index in [-0.39, 0.29) is 30.8 Å². The van der Waals surface area contributed by atoms with Crippen LogP contribution in [0.5, 0.6) is 5.75 Å². The molecule has 1 aliphatic heterocycles. The summed E-state index contributed by atoms with van der Waals surface area (Å²) in [5, 5.41) is 8.85. The molecule has 2 atom stereocenters. The lowest BCUT2D eigenvalue weighted by Crippen LogP contribution is -2.37. The van der Waals surface area contributed by atoms with Crippen molar-refractivity contribution < 1.29 is 14.3 Å². The highest BCUT2D eigenvalue weighted by Crippen LogP contribution is 2.22. The van der Waals surface area contributed by atoms with E-state index in [2.05, 4.69) is 22.9 Å². The number of carbonyl (C=O) groups is 2. The van der Waals surface area contributed by atoms with Gasteiger partial charge in [-0.2, -0.15) is 0 Å². The normalized spacial score (nSPS) is 17.5. The maximum Gasteiger partial charge on any atom is 0.243 e. The van der Waals surface area contributed by atoms with Gasteiger partial charge in [0, 0.05) is 12.1 Å². The first-order valence-corrected chi connectivity index (χ1v) is 9.08. The molecular weight excluding hydrogens is 354 g/mol. The van der Waals surface area contributed by atoms with Crippen molar-refractivity contribution in [1.29, 1.82) is 0 Å². The number of piperidine rings is 1. The van der Waals surface area contributed by atoms with Crippen LogP contribution in [0, 0.1) is 11.8 Å². The number of rotatable bonds is 8.